The summed E-state index contributed by atoms with van der Waals surface area (Å²) < 4.78 is 7.10. The molecule has 1 fully saturated rings. The largest absolute Gasteiger partial charge is 0.390 e. The van der Waals surface area contributed by atoms with E-state index < -0.39 is 12.2 Å². The minimum absolute atomic E-state index is 0.114. The van der Waals surface area contributed by atoms with Crippen LogP contribution in [0, 0.1) is 19.8 Å². The molecule has 7 heteroatoms. The van der Waals surface area contributed by atoms with Crippen LogP contribution in [0.1, 0.15) is 30.3 Å². The summed E-state index contributed by atoms with van der Waals surface area (Å²) in [5.74, 6) is -0.397. The van der Waals surface area contributed by atoms with Crippen LogP contribution < -0.4 is 0 Å². The Kier molecular flexibility index (Phi) is 6.75. The molecular formula is C18H29N3O4. The zero-order chi connectivity index (χ0) is 18.6. The highest BCUT2D eigenvalue weighted by molar-refractivity contribution is 5.92. The summed E-state index contributed by atoms with van der Waals surface area (Å²) in [6, 6.07) is 0. The molecule has 1 aliphatic rings. The van der Waals surface area contributed by atoms with Crippen molar-refractivity contribution in [2.75, 3.05) is 26.3 Å². The third-order valence-corrected chi connectivity index (χ3v) is 4.72. The lowest BCUT2D eigenvalue weighted by Crippen LogP contribution is -2.49. The molecule has 0 unspecified atom stereocenters. The van der Waals surface area contributed by atoms with Crippen LogP contribution in [0.2, 0.25) is 0 Å². The van der Waals surface area contributed by atoms with Crippen LogP contribution in [0.25, 0.3) is 6.08 Å². The maximum absolute atomic E-state index is 12.6. The molecular weight excluding hydrogens is 322 g/mol. The van der Waals surface area contributed by atoms with Gasteiger partial charge >= 0.3 is 0 Å². The number of carbonyl (C=O) groups is 1. The molecule has 1 saturated heterocycles. The number of aryl methyl sites for hydroxylation is 2. The van der Waals surface area contributed by atoms with Gasteiger partial charge in [-0.2, -0.15) is 5.10 Å². The average Bonchev–Trinajstić information content (AvgIpc) is 2.81. The predicted octanol–water partition coefficient (Wildman–Crippen LogP) is 0.657. The number of hydrogen-bond acceptors (Lipinski definition) is 5. The van der Waals surface area contributed by atoms with Crippen molar-refractivity contribution in [3.8, 4) is 0 Å². The lowest BCUT2D eigenvalue weighted by Gasteiger charge is -2.35. The SMILES string of the molecule is CCCN(C[C@@H]1COC[C@@H](O)[C@H]1O)C(=O)/C=C/c1c(C)nn(C)c1C. The van der Waals surface area contributed by atoms with Crippen molar-refractivity contribution >= 4 is 12.0 Å². The molecule has 0 spiro atoms. The first-order chi connectivity index (χ1) is 11.8. The number of carbonyl (C=O) groups excluding carboxylic acids is 1. The van der Waals surface area contributed by atoms with Gasteiger partial charge in [-0.1, -0.05) is 6.92 Å². The minimum Gasteiger partial charge on any atom is -0.390 e. The summed E-state index contributed by atoms with van der Waals surface area (Å²) in [6.45, 7) is 7.31. The first-order valence-electron chi connectivity index (χ1n) is 8.76. The predicted molar refractivity (Wildman–Crippen MR) is 94.9 cm³/mol. The van der Waals surface area contributed by atoms with E-state index in [1.54, 1.807) is 21.7 Å². The quantitative estimate of drug-likeness (QED) is 0.735. The number of ether oxygens (including phenoxy) is 1. The fraction of sp³-hybridized carbons (Fsp3) is 0.667. The summed E-state index contributed by atoms with van der Waals surface area (Å²) in [5, 5.41) is 24.2. The molecule has 1 aromatic heterocycles. The molecule has 0 aromatic carbocycles. The molecule has 25 heavy (non-hydrogen) atoms. The Hall–Kier alpha value is -1.70. The fourth-order valence-electron chi connectivity index (χ4n) is 3.15. The van der Waals surface area contributed by atoms with Crippen LogP contribution in [-0.4, -0.2) is 69.3 Å². The van der Waals surface area contributed by atoms with E-state index in [9.17, 15) is 15.0 Å². The smallest absolute Gasteiger partial charge is 0.246 e. The van der Waals surface area contributed by atoms with Gasteiger partial charge in [0, 0.05) is 43.4 Å². The highest BCUT2D eigenvalue weighted by Crippen LogP contribution is 2.18. The lowest BCUT2D eigenvalue weighted by molar-refractivity contribution is -0.138. The number of amides is 1. The van der Waals surface area contributed by atoms with Gasteiger partial charge in [0.05, 0.1) is 25.0 Å². The molecule has 0 bridgehead atoms. The highest BCUT2D eigenvalue weighted by Gasteiger charge is 2.33. The molecule has 0 saturated carbocycles. The van der Waals surface area contributed by atoms with E-state index in [4.69, 9.17) is 4.74 Å². The molecule has 7 nitrogen and oxygen atoms in total. The maximum Gasteiger partial charge on any atom is 0.246 e. The molecule has 1 amide bonds. The number of aliphatic hydroxyl groups is 2. The molecule has 2 rings (SSSR count). The van der Waals surface area contributed by atoms with Crippen molar-refractivity contribution in [1.29, 1.82) is 0 Å². The van der Waals surface area contributed by atoms with Crippen molar-refractivity contribution < 1.29 is 19.7 Å². The van der Waals surface area contributed by atoms with Gasteiger partial charge < -0.3 is 19.8 Å². The third-order valence-electron chi connectivity index (χ3n) is 4.72. The Morgan fingerprint density at radius 3 is 2.72 bits per heavy atom. The lowest BCUT2D eigenvalue weighted by atomic mass is 9.96. The van der Waals surface area contributed by atoms with E-state index in [2.05, 4.69) is 5.10 Å². The zero-order valence-electron chi connectivity index (χ0n) is 15.5. The summed E-state index contributed by atoms with van der Waals surface area (Å²) >= 11 is 0. The topological polar surface area (TPSA) is 87.8 Å². The summed E-state index contributed by atoms with van der Waals surface area (Å²) in [6.07, 6.45) is 2.41. The second-order valence-electron chi connectivity index (χ2n) is 6.68. The van der Waals surface area contributed by atoms with Crippen LogP contribution in [0.5, 0.6) is 0 Å². The summed E-state index contributed by atoms with van der Waals surface area (Å²) in [7, 11) is 1.88. The van der Waals surface area contributed by atoms with Gasteiger partial charge in [0.1, 0.15) is 6.10 Å². The van der Waals surface area contributed by atoms with E-state index in [0.29, 0.717) is 19.7 Å². The molecule has 1 aromatic rings. The molecule has 140 valence electrons. The molecule has 2 heterocycles. The van der Waals surface area contributed by atoms with Gasteiger partial charge in [-0.05, 0) is 26.3 Å². The highest BCUT2D eigenvalue weighted by atomic mass is 16.5. The van der Waals surface area contributed by atoms with E-state index in [1.807, 2.05) is 27.8 Å². The third kappa shape index (κ3) is 4.68. The van der Waals surface area contributed by atoms with Crippen LogP contribution >= 0.6 is 0 Å². The normalized spacial score (nSPS) is 24.0. The number of nitrogens with zero attached hydrogens (tertiary/aromatic N) is 3. The Morgan fingerprint density at radius 2 is 2.12 bits per heavy atom. The zero-order valence-corrected chi connectivity index (χ0v) is 15.5. The number of aliphatic hydroxyl groups excluding tert-OH is 2. The van der Waals surface area contributed by atoms with Crippen LogP contribution in [0.3, 0.4) is 0 Å². The van der Waals surface area contributed by atoms with Crippen LogP contribution in [-0.2, 0) is 16.6 Å². The van der Waals surface area contributed by atoms with Gasteiger partial charge in [0.2, 0.25) is 5.91 Å². The van der Waals surface area contributed by atoms with Crippen molar-refractivity contribution in [3.63, 3.8) is 0 Å². The minimum atomic E-state index is -0.895. The summed E-state index contributed by atoms with van der Waals surface area (Å²) in [5.41, 5.74) is 2.83. The van der Waals surface area contributed by atoms with Crippen molar-refractivity contribution in [2.45, 2.75) is 39.4 Å². The Bertz CT molecular complexity index is 626. The van der Waals surface area contributed by atoms with Gasteiger partial charge in [0.15, 0.2) is 0 Å². The fourth-order valence-corrected chi connectivity index (χ4v) is 3.15. The molecule has 2 N–H and O–H groups in total. The van der Waals surface area contributed by atoms with E-state index in [1.165, 1.54) is 0 Å². The monoisotopic (exact) mass is 351 g/mol. The Morgan fingerprint density at radius 1 is 1.40 bits per heavy atom. The molecule has 3 atom stereocenters. The van der Waals surface area contributed by atoms with E-state index in [-0.39, 0.29) is 18.4 Å². The van der Waals surface area contributed by atoms with Crippen LogP contribution in [0.15, 0.2) is 6.08 Å². The Labute approximate surface area is 148 Å². The molecule has 1 aliphatic heterocycles. The van der Waals surface area contributed by atoms with Crippen molar-refractivity contribution in [2.24, 2.45) is 13.0 Å². The van der Waals surface area contributed by atoms with E-state index in [0.717, 1.165) is 23.4 Å². The van der Waals surface area contributed by atoms with Gasteiger partial charge in [0.25, 0.3) is 0 Å². The first kappa shape index (κ1) is 19.6. The van der Waals surface area contributed by atoms with Gasteiger partial charge in [-0.15, -0.1) is 0 Å². The second-order valence-corrected chi connectivity index (χ2v) is 6.68. The Balaban J connectivity index is 2.08. The van der Waals surface area contributed by atoms with Crippen LogP contribution in [0.4, 0.5) is 0 Å². The number of hydrogen-bond donors (Lipinski definition) is 2. The van der Waals surface area contributed by atoms with E-state index >= 15 is 0 Å². The molecule has 0 radical (unpaired) electrons. The second kappa shape index (κ2) is 8.60. The van der Waals surface area contributed by atoms with Crippen molar-refractivity contribution in [3.05, 3.63) is 23.0 Å². The average molecular weight is 351 g/mol. The first-order valence-corrected chi connectivity index (χ1v) is 8.76. The number of aromatic nitrogens is 2. The standard InChI is InChI=1S/C18H29N3O4/c1-5-8-21(9-14-10-25-11-16(22)18(14)24)17(23)7-6-15-12(2)19-20(4)13(15)3/h6-7,14,16,18,22,24H,5,8-11H2,1-4H3/b7-6+/t14-,16-,18+/m1/s1. The van der Waals surface area contributed by atoms with Gasteiger partial charge in [-0.25, -0.2) is 0 Å². The van der Waals surface area contributed by atoms with Crippen molar-refractivity contribution in [1.82, 2.24) is 14.7 Å². The van der Waals surface area contributed by atoms with Gasteiger partial charge in [-0.3, -0.25) is 9.48 Å². The molecule has 0 aliphatic carbocycles. The number of rotatable bonds is 6. The summed E-state index contributed by atoms with van der Waals surface area (Å²) in [4.78, 5) is 14.3. The maximum atomic E-state index is 12.6.